The summed E-state index contributed by atoms with van der Waals surface area (Å²) in [4.78, 5) is 0. The van der Waals surface area contributed by atoms with E-state index < -0.39 is 0 Å². The Hall–Kier alpha value is -1.02. The van der Waals surface area contributed by atoms with Crippen LogP contribution in [0.2, 0.25) is 0 Å². The van der Waals surface area contributed by atoms with Crippen molar-refractivity contribution in [1.82, 2.24) is 0 Å². The summed E-state index contributed by atoms with van der Waals surface area (Å²) in [5.41, 5.74) is 0. The van der Waals surface area contributed by atoms with E-state index in [-0.39, 0.29) is 0 Å². The van der Waals surface area contributed by atoms with Crippen molar-refractivity contribution in [2.75, 3.05) is 19.7 Å². The Labute approximate surface area is 112 Å². The van der Waals surface area contributed by atoms with E-state index in [1.165, 1.54) is 51.6 Å². The summed E-state index contributed by atoms with van der Waals surface area (Å²) < 4.78 is 5.66. The third-order valence-corrected chi connectivity index (χ3v) is 3.08. The molecule has 0 saturated carbocycles. The van der Waals surface area contributed by atoms with Crippen molar-refractivity contribution in [2.24, 2.45) is 0 Å². The number of quaternary nitrogens is 1. The van der Waals surface area contributed by atoms with E-state index >= 15 is 0 Å². The van der Waals surface area contributed by atoms with Gasteiger partial charge in [0.05, 0.1) is 19.7 Å². The lowest BCUT2D eigenvalue weighted by Gasteiger charge is -2.05. The highest BCUT2D eigenvalue weighted by Gasteiger charge is 1.94. The smallest absolute Gasteiger partial charge is 0.119 e. The summed E-state index contributed by atoms with van der Waals surface area (Å²) in [6, 6.07) is 10.1. The average molecular weight is 250 g/mol. The molecule has 0 fully saturated rings. The molecule has 102 valence electrons. The molecule has 0 heterocycles. The van der Waals surface area contributed by atoms with Crippen LogP contribution in [-0.2, 0) is 0 Å². The molecular weight excluding hydrogens is 222 g/mol. The first-order chi connectivity index (χ1) is 8.93. The largest absolute Gasteiger partial charge is 0.494 e. The fourth-order valence-corrected chi connectivity index (χ4v) is 1.94. The Bertz CT molecular complexity index is 274. The summed E-state index contributed by atoms with van der Waals surface area (Å²) >= 11 is 0. The second-order valence-corrected chi connectivity index (χ2v) is 4.80. The first-order valence-corrected chi connectivity index (χ1v) is 7.43. The van der Waals surface area contributed by atoms with Crippen molar-refractivity contribution in [3.63, 3.8) is 0 Å². The second kappa shape index (κ2) is 11.1. The van der Waals surface area contributed by atoms with Crippen molar-refractivity contribution < 1.29 is 10.1 Å². The minimum Gasteiger partial charge on any atom is -0.494 e. The van der Waals surface area contributed by atoms with Crippen LogP contribution in [0.4, 0.5) is 0 Å². The zero-order valence-electron chi connectivity index (χ0n) is 11.7. The van der Waals surface area contributed by atoms with Gasteiger partial charge in [0.15, 0.2) is 0 Å². The van der Waals surface area contributed by atoms with Crippen LogP contribution >= 0.6 is 0 Å². The molecule has 0 aromatic heterocycles. The van der Waals surface area contributed by atoms with Crippen molar-refractivity contribution in [3.05, 3.63) is 30.3 Å². The van der Waals surface area contributed by atoms with Crippen molar-refractivity contribution in [3.8, 4) is 5.75 Å². The van der Waals surface area contributed by atoms with Crippen molar-refractivity contribution >= 4 is 0 Å². The molecule has 1 aromatic rings. The van der Waals surface area contributed by atoms with Gasteiger partial charge in [-0.25, -0.2) is 0 Å². The number of hydrogen-bond acceptors (Lipinski definition) is 1. The van der Waals surface area contributed by atoms with Crippen LogP contribution in [0, 0.1) is 0 Å². The molecule has 2 heteroatoms. The monoisotopic (exact) mass is 250 g/mol. The van der Waals surface area contributed by atoms with Gasteiger partial charge in [0, 0.05) is 0 Å². The number of hydrogen-bond donors (Lipinski definition) is 1. The predicted molar refractivity (Wildman–Crippen MR) is 77.0 cm³/mol. The predicted octanol–water partition coefficient (Wildman–Crippen LogP) is 2.99. The van der Waals surface area contributed by atoms with Gasteiger partial charge in [0.25, 0.3) is 0 Å². The quantitative estimate of drug-likeness (QED) is 0.600. The first-order valence-electron chi connectivity index (χ1n) is 7.43. The zero-order valence-corrected chi connectivity index (χ0v) is 11.7. The lowest BCUT2D eigenvalue weighted by Crippen LogP contribution is -2.84. The van der Waals surface area contributed by atoms with Gasteiger partial charge in [-0.2, -0.15) is 0 Å². The van der Waals surface area contributed by atoms with E-state index in [1.807, 2.05) is 30.3 Å². The van der Waals surface area contributed by atoms with Crippen LogP contribution in [0.1, 0.15) is 45.4 Å². The molecular formula is C16H28NO+. The summed E-state index contributed by atoms with van der Waals surface area (Å²) in [5.74, 6) is 0.991. The Kier molecular flexibility index (Phi) is 9.27. The molecule has 1 rings (SSSR count). The highest BCUT2D eigenvalue weighted by atomic mass is 16.5. The standard InChI is InChI=1S/C16H27NO/c1-2-3-13-17-14-9-4-5-10-15-18-16-11-7-6-8-12-16/h6-8,11-12,17H,2-5,9-10,13-15H2,1H3/p+1. The van der Waals surface area contributed by atoms with E-state index in [0.29, 0.717) is 0 Å². The molecule has 2 N–H and O–H groups in total. The molecule has 0 radical (unpaired) electrons. The van der Waals surface area contributed by atoms with Crippen LogP contribution in [0.25, 0.3) is 0 Å². The third-order valence-electron chi connectivity index (χ3n) is 3.08. The maximum absolute atomic E-state index is 5.66. The summed E-state index contributed by atoms with van der Waals surface area (Å²) in [6.45, 7) is 5.69. The Balaban J connectivity index is 1.82. The Morgan fingerprint density at radius 2 is 1.61 bits per heavy atom. The maximum atomic E-state index is 5.66. The normalized spacial score (nSPS) is 10.5. The lowest BCUT2D eigenvalue weighted by molar-refractivity contribution is -0.655. The third kappa shape index (κ3) is 8.13. The molecule has 0 aliphatic rings. The summed E-state index contributed by atoms with van der Waals surface area (Å²) in [5, 5.41) is 2.45. The van der Waals surface area contributed by atoms with Crippen LogP contribution < -0.4 is 10.1 Å². The molecule has 0 aliphatic heterocycles. The molecule has 0 spiro atoms. The number of unbranched alkanes of at least 4 members (excludes halogenated alkanes) is 4. The number of para-hydroxylation sites is 1. The first kappa shape index (κ1) is 15.0. The average Bonchev–Trinajstić information content (AvgIpc) is 2.42. The molecule has 18 heavy (non-hydrogen) atoms. The topological polar surface area (TPSA) is 25.8 Å². The summed E-state index contributed by atoms with van der Waals surface area (Å²) in [6.07, 6.45) is 7.80. The minimum atomic E-state index is 0.851. The van der Waals surface area contributed by atoms with E-state index in [2.05, 4.69) is 12.2 Å². The van der Waals surface area contributed by atoms with Gasteiger partial charge in [0.1, 0.15) is 5.75 Å². The number of ether oxygens (including phenoxy) is 1. The molecule has 0 unspecified atom stereocenters. The Morgan fingerprint density at radius 1 is 0.889 bits per heavy atom. The van der Waals surface area contributed by atoms with Crippen LogP contribution in [0.15, 0.2) is 30.3 Å². The van der Waals surface area contributed by atoms with Gasteiger partial charge in [-0.15, -0.1) is 0 Å². The molecule has 0 bridgehead atoms. The van der Waals surface area contributed by atoms with Gasteiger partial charge in [-0.1, -0.05) is 31.5 Å². The maximum Gasteiger partial charge on any atom is 0.119 e. The Morgan fingerprint density at radius 3 is 2.39 bits per heavy atom. The number of rotatable bonds is 11. The van der Waals surface area contributed by atoms with E-state index in [0.717, 1.165) is 12.4 Å². The van der Waals surface area contributed by atoms with E-state index in [9.17, 15) is 0 Å². The van der Waals surface area contributed by atoms with E-state index in [4.69, 9.17) is 4.74 Å². The van der Waals surface area contributed by atoms with E-state index in [1.54, 1.807) is 0 Å². The van der Waals surface area contributed by atoms with Crippen LogP contribution in [0.5, 0.6) is 5.75 Å². The molecule has 0 saturated heterocycles. The second-order valence-electron chi connectivity index (χ2n) is 4.80. The van der Waals surface area contributed by atoms with Crippen molar-refractivity contribution in [1.29, 1.82) is 0 Å². The highest BCUT2D eigenvalue weighted by Crippen LogP contribution is 2.09. The lowest BCUT2D eigenvalue weighted by atomic mass is 10.2. The molecule has 0 amide bonds. The van der Waals surface area contributed by atoms with Gasteiger partial charge in [-0.05, 0) is 44.2 Å². The fourth-order valence-electron chi connectivity index (χ4n) is 1.94. The summed E-state index contributed by atoms with van der Waals surface area (Å²) in [7, 11) is 0. The fraction of sp³-hybridized carbons (Fsp3) is 0.625. The SMILES string of the molecule is CCCC[NH2+]CCCCCCOc1ccccc1. The van der Waals surface area contributed by atoms with Gasteiger partial charge < -0.3 is 10.1 Å². The molecule has 0 aliphatic carbocycles. The van der Waals surface area contributed by atoms with Gasteiger partial charge >= 0.3 is 0 Å². The van der Waals surface area contributed by atoms with Crippen molar-refractivity contribution in [2.45, 2.75) is 45.4 Å². The number of nitrogens with two attached hydrogens (primary N) is 1. The minimum absolute atomic E-state index is 0.851. The van der Waals surface area contributed by atoms with Gasteiger partial charge in [0.2, 0.25) is 0 Å². The highest BCUT2D eigenvalue weighted by molar-refractivity contribution is 5.20. The molecule has 1 aromatic carbocycles. The molecule has 0 atom stereocenters. The number of benzene rings is 1. The molecule has 2 nitrogen and oxygen atoms in total. The van der Waals surface area contributed by atoms with Crippen LogP contribution in [-0.4, -0.2) is 19.7 Å². The van der Waals surface area contributed by atoms with Gasteiger partial charge in [-0.3, -0.25) is 0 Å². The zero-order chi connectivity index (χ0) is 12.9. The van der Waals surface area contributed by atoms with Crippen LogP contribution in [0.3, 0.4) is 0 Å².